The molecule has 0 aliphatic heterocycles. The van der Waals surface area contributed by atoms with Crippen LogP contribution in [-0.2, 0) is 14.8 Å². The van der Waals surface area contributed by atoms with Crippen LogP contribution in [0, 0.1) is 20.8 Å². The van der Waals surface area contributed by atoms with Gasteiger partial charge >= 0.3 is 0 Å². The molecule has 0 bridgehead atoms. The van der Waals surface area contributed by atoms with Crippen LogP contribution in [0.4, 0.5) is 11.4 Å². The Morgan fingerprint density at radius 2 is 1.58 bits per heavy atom. The minimum atomic E-state index is -3.75. The van der Waals surface area contributed by atoms with Crippen molar-refractivity contribution in [3.8, 4) is 5.75 Å². The molecule has 0 saturated carbocycles. The minimum Gasteiger partial charge on any atom is -0.481 e. The monoisotopic (exact) mass is 438 g/mol. The third-order valence-corrected chi connectivity index (χ3v) is 6.12. The van der Waals surface area contributed by atoms with Crippen molar-refractivity contribution in [2.45, 2.75) is 38.7 Å². The first kappa shape index (κ1) is 22.4. The topological polar surface area (TPSA) is 84.5 Å². The summed E-state index contributed by atoms with van der Waals surface area (Å²) in [4.78, 5) is 12.5. The highest BCUT2D eigenvalue weighted by atomic mass is 32.2. The molecule has 3 aromatic rings. The van der Waals surface area contributed by atoms with Crippen molar-refractivity contribution in [3.05, 3.63) is 83.4 Å². The predicted molar refractivity (Wildman–Crippen MR) is 123 cm³/mol. The van der Waals surface area contributed by atoms with Gasteiger partial charge in [-0.3, -0.25) is 9.52 Å². The molecule has 0 aliphatic rings. The highest BCUT2D eigenvalue weighted by molar-refractivity contribution is 7.92. The van der Waals surface area contributed by atoms with Gasteiger partial charge in [0, 0.05) is 5.69 Å². The smallest absolute Gasteiger partial charge is 0.265 e. The summed E-state index contributed by atoms with van der Waals surface area (Å²) in [6.45, 7) is 7.35. The van der Waals surface area contributed by atoms with Gasteiger partial charge in [-0.1, -0.05) is 24.3 Å². The van der Waals surface area contributed by atoms with Gasteiger partial charge in [-0.2, -0.15) is 0 Å². The molecular formula is C24H26N2O4S. The SMILES string of the molecule is Cc1cccc(O[C@@H](C)C(=O)Nc2ccc(S(=O)(=O)Nc3cc(C)ccc3C)cc2)c1. The molecule has 0 unspecified atom stereocenters. The maximum atomic E-state index is 12.7. The van der Waals surface area contributed by atoms with Crippen LogP contribution >= 0.6 is 0 Å². The van der Waals surface area contributed by atoms with Crippen LogP contribution in [0.2, 0.25) is 0 Å². The van der Waals surface area contributed by atoms with Crippen molar-refractivity contribution < 1.29 is 17.9 Å². The lowest BCUT2D eigenvalue weighted by Crippen LogP contribution is -2.30. The highest BCUT2D eigenvalue weighted by Gasteiger charge is 2.18. The Balaban J connectivity index is 1.66. The molecule has 0 fully saturated rings. The zero-order chi connectivity index (χ0) is 22.6. The summed E-state index contributed by atoms with van der Waals surface area (Å²) >= 11 is 0. The molecule has 2 N–H and O–H groups in total. The number of amides is 1. The molecule has 7 heteroatoms. The second-order valence-electron chi connectivity index (χ2n) is 7.51. The molecule has 6 nitrogen and oxygen atoms in total. The number of benzene rings is 3. The summed E-state index contributed by atoms with van der Waals surface area (Å²) in [5, 5.41) is 2.74. The number of aryl methyl sites for hydroxylation is 3. The maximum Gasteiger partial charge on any atom is 0.265 e. The Labute approximate surface area is 183 Å². The Morgan fingerprint density at radius 1 is 0.903 bits per heavy atom. The van der Waals surface area contributed by atoms with E-state index in [2.05, 4.69) is 10.0 Å². The first-order chi connectivity index (χ1) is 14.6. The number of hydrogen-bond acceptors (Lipinski definition) is 4. The average molecular weight is 439 g/mol. The van der Waals surface area contributed by atoms with Gasteiger partial charge in [0.05, 0.1) is 10.6 Å². The fourth-order valence-corrected chi connectivity index (χ4v) is 4.08. The molecule has 0 spiro atoms. The van der Waals surface area contributed by atoms with Crippen LogP contribution in [0.1, 0.15) is 23.6 Å². The molecular weight excluding hydrogens is 412 g/mol. The molecule has 0 heterocycles. The fraction of sp³-hybridized carbons (Fsp3) is 0.208. The molecule has 162 valence electrons. The van der Waals surface area contributed by atoms with Crippen molar-refractivity contribution in [2.24, 2.45) is 0 Å². The van der Waals surface area contributed by atoms with E-state index < -0.39 is 16.1 Å². The summed E-state index contributed by atoms with van der Waals surface area (Å²) in [6, 6.07) is 19.0. The number of ether oxygens (including phenoxy) is 1. The lowest BCUT2D eigenvalue weighted by Gasteiger charge is -2.15. The summed E-state index contributed by atoms with van der Waals surface area (Å²) in [7, 11) is -3.75. The van der Waals surface area contributed by atoms with Gasteiger partial charge < -0.3 is 10.1 Å². The third kappa shape index (κ3) is 5.86. The summed E-state index contributed by atoms with van der Waals surface area (Å²) < 4.78 is 33.7. The van der Waals surface area contributed by atoms with Gasteiger partial charge in [0.1, 0.15) is 5.75 Å². The van der Waals surface area contributed by atoms with Crippen molar-refractivity contribution in [2.75, 3.05) is 10.0 Å². The Hall–Kier alpha value is -3.32. The summed E-state index contributed by atoms with van der Waals surface area (Å²) in [6.07, 6.45) is -0.712. The van der Waals surface area contributed by atoms with E-state index in [1.54, 1.807) is 31.2 Å². The largest absolute Gasteiger partial charge is 0.481 e. The number of carbonyl (C=O) groups is 1. The molecule has 1 atom stereocenters. The van der Waals surface area contributed by atoms with Crippen LogP contribution in [-0.4, -0.2) is 20.4 Å². The summed E-state index contributed by atoms with van der Waals surface area (Å²) in [5.74, 6) is 0.284. The zero-order valence-electron chi connectivity index (χ0n) is 18.0. The minimum absolute atomic E-state index is 0.107. The fourth-order valence-electron chi connectivity index (χ4n) is 2.96. The van der Waals surface area contributed by atoms with Gasteiger partial charge in [-0.25, -0.2) is 8.42 Å². The van der Waals surface area contributed by atoms with Crippen LogP contribution in [0.5, 0.6) is 5.75 Å². The van der Waals surface area contributed by atoms with Crippen molar-refractivity contribution in [1.82, 2.24) is 0 Å². The predicted octanol–water partition coefficient (Wildman–Crippen LogP) is 4.82. The number of anilines is 2. The lowest BCUT2D eigenvalue weighted by molar-refractivity contribution is -0.122. The van der Waals surface area contributed by atoms with Crippen LogP contribution < -0.4 is 14.8 Å². The number of rotatable bonds is 7. The van der Waals surface area contributed by atoms with Gasteiger partial charge in [0.25, 0.3) is 15.9 Å². The molecule has 1 amide bonds. The first-order valence-electron chi connectivity index (χ1n) is 9.88. The Morgan fingerprint density at radius 3 is 2.26 bits per heavy atom. The standard InChI is InChI=1S/C24H26N2O4S/c1-16-6-5-7-21(14-16)30-19(4)24(27)25-20-10-12-22(13-11-20)31(28,29)26-23-15-17(2)8-9-18(23)3/h5-15,19,26H,1-4H3,(H,25,27)/t19-/m0/s1. The lowest BCUT2D eigenvalue weighted by atomic mass is 10.1. The van der Waals surface area contributed by atoms with Crippen LogP contribution in [0.25, 0.3) is 0 Å². The third-order valence-electron chi connectivity index (χ3n) is 4.74. The van der Waals surface area contributed by atoms with E-state index in [1.165, 1.54) is 12.1 Å². The van der Waals surface area contributed by atoms with E-state index in [-0.39, 0.29) is 10.8 Å². The van der Waals surface area contributed by atoms with Crippen molar-refractivity contribution >= 4 is 27.3 Å². The molecule has 0 aliphatic carbocycles. The quantitative estimate of drug-likeness (QED) is 0.554. The first-order valence-corrected chi connectivity index (χ1v) is 11.4. The van der Waals surface area contributed by atoms with E-state index in [9.17, 15) is 13.2 Å². The second-order valence-corrected chi connectivity index (χ2v) is 9.20. The summed E-state index contributed by atoms with van der Waals surface area (Å²) in [5.41, 5.74) is 3.86. The highest BCUT2D eigenvalue weighted by Crippen LogP contribution is 2.22. The molecule has 31 heavy (non-hydrogen) atoms. The zero-order valence-corrected chi connectivity index (χ0v) is 18.8. The van der Waals surface area contributed by atoms with Gasteiger partial charge in [0.15, 0.2) is 6.10 Å². The second kappa shape index (κ2) is 9.22. The molecule has 0 saturated heterocycles. The molecule has 3 aromatic carbocycles. The van der Waals surface area contributed by atoms with Gasteiger partial charge in [-0.05, 0) is 86.8 Å². The number of nitrogens with one attached hydrogen (secondary N) is 2. The number of carbonyl (C=O) groups excluding carboxylic acids is 1. The number of sulfonamides is 1. The molecule has 3 rings (SSSR count). The van der Waals surface area contributed by atoms with E-state index >= 15 is 0 Å². The van der Waals surface area contributed by atoms with Crippen molar-refractivity contribution in [3.63, 3.8) is 0 Å². The van der Waals surface area contributed by atoms with Gasteiger partial charge in [0.2, 0.25) is 0 Å². The van der Waals surface area contributed by atoms with E-state index in [0.29, 0.717) is 17.1 Å². The van der Waals surface area contributed by atoms with Crippen molar-refractivity contribution in [1.29, 1.82) is 0 Å². The average Bonchev–Trinajstić information content (AvgIpc) is 2.71. The Kier molecular flexibility index (Phi) is 6.65. The Bertz CT molecular complexity index is 1190. The molecule has 0 aromatic heterocycles. The van der Waals surface area contributed by atoms with E-state index in [4.69, 9.17) is 4.74 Å². The number of hydrogen-bond donors (Lipinski definition) is 2. The molecule has 0 radical (unpaired) electrons. The van der Waals surface area contributed by atoms with Gasteiger partial charge in [-0.15, -0.1) is 0 Å². The maximum absolute atomic E-state index is 12.7. The van der Waals surface area contributed by atoms with Crippen LogP contribution in [0.3, 0.4) is 0 Å². The van der Waals surface area contributed by atoms with E-state index in [1.807, 2.05) is 51.1 Å². The normalized spacial score (nSPS) is 12.1. The van der Waals surface area contributed by atoms with E-state index in [0.717, 1.165) is 16.7 Å². The van der Waals surface area contributed by atoms with Crippen LogP contribution in [0.15, 0.2) is 71.6 Å².